The van der Waals surface area contributed by atoms with Crippen molar-refractivity contribution in [1.82, 2.24) is 4.98 Å². The van der Waals surface area contributed by atoms with E-state index in [1.165, 1.54) is 6.92 Å². The molecule has 0 fully saturated rings. The molecule has 0 radical (unpaired) electrons. The molecule has 0 aliphatic heterocycles. The van der Waals surface area contributed by atoms with Crippen LogP contribution in [0.5, 0.6) is 0 Å². The molecule has 8 heteroatoms. The average Bonchev–Trinajstić information content (AvgIpc) is 2.49. The monoisotopic (exact) mass is 429 g/mol. The zero-order valence-electron chi connectivity index (χ0n) is 13.1. The second kappa shape index (κ2) is 6.10. The van der Waals surface area contributed by atoms with Crippen molar-refractivity contribution < 1.29 is 21.6 Å². The molecule has 25 heavy (non-hydrogen) atoms. The normalized spacial score (nSPS) is 11.9. The highest BCUT2D eigenvalue weighted by Crippen LogP contribution is 2.38. The van der Waals surface area contributed by atoms with Crippen molar-refractivity contribution >= 4 is 36.7 Å². The molecule has 0 aliphatic rings. The Hall–Kier alpha value is -1.93. The molecule has 0 saturated carbocycles. The van der Waals surface area contributed by atoms with Gasteiger partial charge in [0.2, 0.25) is 0 Å². The third-order valence-electron chi connectivity index (χ3n) is 3.72. The summed E-state index contributed by atoms with van der Waals surface area (Å²) in [6.45, 7) is 1.47. The van der Waals surface area contributed by atoms with Crippen LogP contribution in [0.4, 0.5) is 13.2 Å². The third-order valence-corrected chi connectivity index (χ3v) is 5.46. The number of hydrogen-bond donors (Lipinski definition) is 0. The Balaban J connectivity index is 2.60. The fraction of sp³-hybridized carbons (Fsp3) is 0.118. The summed E-state index contributed by atoms with van der Waals surface area (Å²) in [4.78, 5) is 4.03. The fourth-order valence-electron chi connectivity index (χ4n) is 2.78. The van der Waals surface area contributed by atoms with Crippen LogP contribution >= 0.6 is 15.9 Å². The summed E-state index contributed by atoms with van der Waals surface area (Å²) >= 11 is 3.27. The summed E-state index contributed by atoms with van der Waals surface area (Å²) < 4.78 is 66.7. The molecule has 2 aromatic carbocycles. The van der Waals surface area contributed by atoms with Crippen LogP contribution in [0.25, 0.3) is 22.0 Å². The van der Waals surface area contributed by atoms with Crippen molar-refractivity contribution in [3.05, 3.63) is 58.0 Å². The van der Waals surface area contributed by atoms with Gasteiger partial charge in [-0.15, -0.1) is 0 Å². The van der Waals surface area contributed by atoms with Crippen LogP contribution in [0.3, 0.4) is 0 Å². The first-order valence-electron chi connectivity index (χ1n) is 7.04. The molecule has 0 atom stereocenters. The van der Waals surface area contributed by atoms with Crippen molar-refractivity contribution in [3.63, 3.8) is 0 Å². The van der Waals surface area contributed by atoms with Gasteiger partial charge in [-0.3, -0.25) is 4.98 Å². The summed E-state index contributed by atoms with van der Waals surface area (Å²) in [7, 11) is -3.82. The summed E-state index contributed by atoms with van der Waals surface area (Å²) in [6, 6.07) is 5.94. The Morgan fingerprint density at radius 2 is 1.64 bits per heavy atom. The smallest absolute Gasteiger partial charge is 0.177 e. The lowest BCUT2D eigenvalue weighted by atomic mass is 9.99. The molecule has 0 amide bonds. The molecule has 0 unspecified atom stereocenters. The van der Waals surface area contributed by atoms with Crippen LogP contribution in [0.2, 0.25) is 0 Å². The Bertz CT molecular complexity index is 1130. The van der Waals surface area contributed by atoms with Gasteiger partial charge in [-0.25, -0.2) is 21.6 Å². The largest absolute Gasteiger partial charge is 0.252 e. The first-order chi connectivity index (χ1) is 11.6. The van der Waals surface area contributed by atoms with E-state index in [-0.39, 0.29) is 21.7 Å². The highest BCUT2D eigenvalue weighted by molar-refractivity contribution is 9.10. The lowest BCUT2D eigenvalue weighted by Gasteiger charge is -2.15. The maximum absolute atomic E-state index is 14.4. The van der Waals surface area contributed by atoms with Crippen LogP contribution in [-0.4, -0.2) is 19.7 Å². The van der Waals surface area contributed by atoms with Gasteiger partial charge in [-0.2, -0.15) is 0 Å². The van der Waals surface area contributed by atoms with Gasteiger partial charge in [0.05, 0.1) is 16.1 Å². The van der Waals surface area contributed by atoms with Crippen LogP contribution in [-0.2, 0) is 9.84 Å². The number of nitrogens with zero attached hydrogens (tertiary/aromatic N) is 1. The molecule has 3 aromatic rings. The second-order valence-electron chi connectivity index (χ2n) is 5.58. The number of aromatic nitrogens is 1. The van der Waals surface area contributed by atoms with Crippen LogP contribution in [0.1, 0.15) is 5.69 Å². The van der Waals surface area contributed by atoms with E-state index in [2.05, 4.69) is 20.9 Å². The van der Waals surface area contributed by atoms with E-state index in [0.717, 1.165) is 6.26 Å². The Morgan fingerprint density at radius 1 is 1.00 bits per heavy atom. The molecule has 0 N–H and O–H groups in total. The number of rotatable bonds is 2. The van der Waals surface area contributed by atoms with Gasteiger partial charge in [0.15, 0.2) is 21.5 Å². The zero-order valence-corrected chi connectivity index (χ0v) is 15.5. The second-order valence-corrected chi connectivity index (χ2v) is 8.45. The highest BCUT2D eigenvalue weighted by atomic mass is 79.9. The number of hydrogen-bond acceptors (Lipinski definition) is 3. The number of fused-ring (bicyclic) bond motifs is 1. The van der Waals surface area contributed by atoms with Crippen molar-refractivity contribution in [2.24, 2.45) is 0 Å². The number of benzene rings is 2. The van der Waals surface area contributed by atoms with Gasteiger partial charge in [0.1, 0.15) is 5.82 Å². The number of sulfone groups is 1. The lowest BCUT2D eigenvalue weighted by molar-refractivity contribution is 0.496. The molecule has 3 rings (SSSR count). The first kappa shape index (κ1) is 17.9. The molecule has 0 aliphatic carbocycles. The molecule has 0 spiro atoms. The Labute approximate surface area is 150 Å². The predicted molar refractivity (Wildman–Crippen MR) is 92.6 cm³/mol. The maximum atomic E-state index is 14.4. The molecule has 1 aromatic heterocycles. The van der Waals surface area contributed by atoms with E-state index in [9.17, 15) is 21.6 Å². The minimum atomic E-state index is -3.82. The summed E-state index contributed by atoms with van der Waals surface area (Å²) in [6.07, 6.45) is 0.960. The maximum Gasteiger partial charge on any atom is 0.177 e. The van der Waals surface area contributed by atoms with E-state index in [0.29, 0.717) is 27.5 Å². The zero-order chi connectivity index (χ0) is 18.5. The lowest BCUT2D eigenvalue weighted by Crippen LogP contribution is -2.07. The minimum Gasteiger partial charge on any atom is -0.252 e. The van der Waals surface area contributed by atoms with Crippen molar-refractivity contribution in [2.75, 3.05) is 6.26 Å². The summed E-state index contributed by atoms with van der Waals surface area (Å²) in [5.41, 5.74) is 0.180. The highest BCUT2D eigenvalue weighted by Gasteiger charge is 2.25. The van der Waals surface area contributed by atoms with Gasteiger partial charge in [0.25, 0.3) is 0 Å². The van der Waals surface area contributed by atoms with Gasteiger partial charge >= 0.3 is 0 Å². The summed E-state index contributed by atoms with van der Waals surface area (Å²) in [5.74, 6) is -3.68. The van der Waals surface area contributed by atoms with E-state index in [4.69, 9.17) is 0 Å². The van der Waals surface area contributed by atoms with Crippen LogP contribution in [0.15, 0.2) is 39.7 Å². The summed E-state index contributed by atoms with van der Waals surface area (Å²) in [5, 5.41) is 0.310. The van der Waals surface area contributed by atoms with E-state index >= 15 is 0 Å². The van der Waals surface area contributed by atoms with Gasteiger partial charge in [-0.05, 0) is 31.2 Å². The SMILES string of the molecule is Cc1nc2ccc(Br)cc2c(-c2cc(F)c(F)cc2F)c1S(C)(=O)=O. The quantitative estimate of drug-likeness (QED) is 0.550. The van der Waals surface area contributed by atoms with Crippen LogP contribution < -0.4 is 0 Å². The molecule has 3 nitrogen and oxygen atoms in total. The average molecular weight is 430 g/mol. The van der Waals surface area contributed by atoms with Gasteiger partial charge in [0, 0.05) is 33.3 Å². The standard InChI is InChI=1S/C17H11BrF3NO2S/c1-8-17(25(2,23)24)16(10-6-13(20)14(21)7-12(10)19)11-5-9(18)3-4-15(11)22-8/h3-7H,1-2H3. The van der Waals surface area contributed by atoms with E-state index < -0.39 is 27.3 Å². The van der Waals surface area contributed by atoms with E-state index in [1.807, 2.05) is 0 Å². The van der Waals surface area contributed by atoms with Gasteiger partial charge < -0.3 is 0 Å². The fourth-order valence-corrected chi connectivity index (χ4v) is 4.31. The number of pyridine rings is 1. The minimum absolute atomic E-state index is 0.0392. The molecule has 0 bridgehead atoms. The molecule has 1 heterocycles. The Morgan fingerprint density at radius 3 is 2.28 bits per heavy atom. The predicted octanol–water partition coefficient (Wildman–Crippen LogP) is 4.79. The van der Waals surface area contributed by atoms with Crippen LogP contribution in [0, 0.1) is 24.4 Å². The number of aryl methyl sites for hydroxylation is 1. The van der Waals surface area contributed by atoms with Crippen molar-refractivity contribution in [2.45, 2.75) is 11.8 Å². The van der Waals surface area contributed by atoms with E-state index in [1.54, 1.807) is 18.2 Å². The molecular formula is C17H11BrF3NO2S. The topological polar surface area (TPSA) is 47.0 Å². The number of halogens is 4. The molecular weight excluding hydrogens is 419 g/mol. The van der Waals surface area contributed by atoms with Gasteiger partial charge in [-0.1, -0.05) is 15.9 Å². The molecule has 0 saturated heterocycles. The van der Waals surface area contributed by atoms with Crippen molar-refractivity contribution in [3.8, 4) is 11.1 Å². The first-order valence-corrected chi connectivity index (χ1v) is 9.73. The Kier molecular flexibility index (Phi) is 4.36. The molecule has 130 valence electrons. The third kappa shape index (κ3) is 3.16. The van der Waals surface area contributed by atoms with Crippen molar-refractivity contribution in [1.29, 1.82) is 0 Å².